The van der Waals surface area contributed by atoms with Gasteiger partial charge in [0, 0.05) is 0 Å². The SMILES string of the molecule is CS(=O)(=O)I(I)I. The second-order valence-corrected chi connectivity index (χ2v) is 38.9. The van der Waals surface area contributed by atoms with Crippen LogP contribution in [0.2, 0.25) is 0 Å². The van der Waals surface area contributed by atoms with Crippen molar-refractivity contribution in [3.05, 3.63) is 0 Å². The van der Waals surface area contributed by atoms with Gasteiger partial charge in [-0.05, 0) is 0 Å². The molecule has 2 nitrogen and oxygen atoms in total. The molecule has 0 rings (SSSR count). The summed E-state index contributed by atoms with van der Waals surface area (Å²) in [5.41, 5.74) is 0. The third-order valence-electron chi connectivity index (χ3n) is 0.212. The van der Waals surface area contributed by atoms with Gasteiger partial charge in [0.05, 0.1) is 0 Å². The first-order chi connectivity index (χ1) is 2.94. The fourth-order valence-electron chi connectivity index (χ4n) is 0. The summed E-state index contributed by atoms with van der Waals surface area (Å²) >= 11 is 4.01. The minimum absolute atomic E-state index is 1.29. The van der Waals surface area contributed by atoms with E-state index in [-0.39, 0.29) is 0 Å². The molecule has 6 heteroatoms. The van der Waals surface area contributed by atoms with Crippen LogP contribution in [0.15, 0.2) is 0 Å². The van der Waals surface area contributed by atoms with Crippen molar-refractivity contribution in [2.75, 3.05) is 6.26 Å². The fraction of sp³-hybridized carbons (Fsp3) is 1.00. The van der Waals surface area contributed by atoms with Gasteiger partial charge in [-0.25, -0.2) is 0 Å². The zero-order chi connectivity index (χ0) is 6.08. The summed E-state index contributed by atoms with van der Waals surface area (Å²) in [7, 11) is -4.21. The van der Waals surface area contributed by atoms with E-state index in [0.717, 1.165) is 0 Å². The van der Waals surface area contributed by atoms with Crippen molar-refractivity contribution in [1.29, 1.82) is 0 Å². The average Bonchev–Trinajstić information content (AvgIpc) is 1.31. The Bertz CT molecular complexity index is 135. The van der Waals surface area contributed by atoms with Crippen LogP contribution >= 0.6 is 47.7 Å². The van der Waals surface area contributed by atoms with Crippen molar-refractivity contribution < 1.29 is 8.42 Å². The van der Waals surface area contributed by atoms with Crippen molar-refractivity contribution in [2.45, 2.75) is 0 Å². The monoisotopic (exact) mass is 460 g/mol. The summed E-state index contributed by atoms with van der Waals surface area (Å²) < 4.78 is 20.8. The Labute approximate surface area is 67.9 Å². The standard InChI is InChI=1S/CH3I3O2S/c1-7(5,6)4(2)3/h1H3. The topological polar surface area (TPSA) is 34.1 Å². The van der Waals surface area contributed by atoms with Crippen LogP contribution in [0.5, 0.6) is 0 Å². The van der Waals surface area contributed by atoms with Crippen molar-refractivity contribution in [1.82, 2.24) is 0 Å². The second kappa shape index (κ2) is 3.34. The Morgan fingerprint density at radius 3 is 1.57 bits per heavy atom. The molecule has 7 heavy (non-hydrogen) atoms. The maximum absolute atomic E-state index is 10.4. The first-order valence-corrected chi connectivity index (χ1v) is 18.2. The molecule has 0 saturated carbocycles. The average molecular weight is 460 g/mol. The van der Waals surface area contributed by atoms with Crippen LogP contribution in [0.3, 0.4) is 0 Å². The van der Waals surface area contributed by atoms with Crippen LogP contribution < -0.4 is 0 Å². The van der Waals surface area contributed by atoms with Crippen molar-refractivity contribution >= 4 is 54.7 Å². The first-order valence-electron chi connectivity index (χ1n) is 1.18. The van der Waals surface area contributed by atoms with E-state index in [1.54, 1.807) is 0 Å². The summed E-state index contributed by atoms with van der Waals surface area (Å²) in [6, 6.07) is 0. The summed E-state index contributed by atoms with van der Waals surface area (Å²) in [5.74, 6) is 0. The second-order valence-electron chi connectivity index (χ2n) is 0.852. The Morgan fingerprint density at radius 1 is 1.43 bits per heavy atom. The van der Waals surface area contributed by atoms with Gasteiger partial charge in [-0.2, -0.15) is 0 Å². The molecule has 0 spiro atoms. The van der Waals surface area contributed by atoms with Crippen LogP contribution in [0.4, 0.5) is 0 Å². The molecule has 0 N–H and O–H groups in total. The van der Waals surface area contributed by atoms with Gasteiger partial charge in [0.2, 0.25) is 0 Å². The van der Waals surface area contributed by atoms with E-state index in [1.165, 1.54) is 6.26 Å². The van der Waals surface area contributed by atoms with Crippen molar-refractivity contribution in [3.63, 3.8) is 0 Å². The molecule has 0 aromatic carbocycles. The van der Waals surface area contributed by atoms with Crippen LogP contribution in [0.25, 0.3) is 0 Å². The molecule has 0 heterocycles. The Balaban J connectivity index is 4.10. The predicted octanol–water partition coefficient (Wildman–Crippen LogP) is 2.15. The number of halogens is 3. The first kappa shape index (κ1) is 9.14. The van der Waals surface area contributed by atoms with Crippen LogP contribution in [-0.2, 0) is 7.01 Å². The zero-order valence-electron chi connectivity index (χ0n) is 3.36. The summed E-state index contributed by atoms with van der Waals surface area (Å²) in [4.78, 5) is 0. The Hall–Kier alpha value is 2.14. The van der Waals surface area contributed by atoms with Gasteiger partial charge in [-0.1, -0.05) is 0 Å². The van der Waals surface area contributed by atoms with E-state index in [9.17, 15) is 8.42 Å². The van der Waals surface area contributed by atoms with E-state index in [2.05, 4.69) is 0 Å². The molecule has 0 aliphatic rings. The normalized spacial score (nSPS) is 13.9. The molecular weight excluding hydrogens is 457 g/mol. The van der Waals surface area contributed by atoms with Gasteiger partial charge in [-0.15, -0.1) is 0 Å². The summed E-state index contributed by atoms with van der Waals surface area (Å²) in [6.07, 6.45) is 1.29. The van der Waals surface area contributed by atoms with E-state index >= 15 is 0 Å². The van der Waals surface area contributed by atoms with Gasteiger partial charge in [0.25, 0.3) is 0 Å². The molecule has 0 aliphatic heterocycles. The molecule has 0 bridgehead atoms. The van der Waals surface area contributed by atoms with E-state index in [0.29, 0.717) is 0 Å². The number of rotatable bonds is 1. The molecule has 0 unspecified atom stereocenters. The molecular formula is CH3I3O2S. The molecule has 0 radical (unpaired) electrons. The Kier molecular flexibility index (Phi) is 4.37. The fourth-order valence-corrected chi connectivity index (χ4v) is 0. The molecule has 0 amide bonds. The maximum atomic E-state index is 10.4. The van der Waals surface area contributed by atoms with E-state index < -0.39 is 17.5 Å². The van der Waals surface area contributed by atoms with Crippen molar-refractivity contribution in [3.8, 4) is 0 Å². The third-order valence-corrected chi connectivity index (χ3v) is 28.6. The Morgan fingerprint density at radius 2 is 1.57 bits per heavy atom. The summed E-state index contributed by atoms with van der Waals surface area (Å²) in [5, 5.41) is 0. The van der Waals surface area contributed by atoms with E-state index in [4.69, 9.17) is 0 Å². The quantitative estimate of drug-likeness (QED) is 0.445. The molecule has 0 atom stereocenters. The van der Waals surface area contributed by atoms with Gasteiger partial charge >= 0.3 is 69.4 Å². The van der Waals surface area contributed by atoms with Gasteiger partial charge in [0.1, 0.15) is 0 Å². The predicted molar refractivity (Wildman–Crippen MR) is 56.9 cm³/mol. The number of hydrogen-bond donors (Lipinski definition) is 0. The van der Waals surface area contributed by atoms with Crippen LogP contribution in [0.1, 0.15) is 0 Å². The molecule has 0 aromatic rings. The third kappa shape index (κ3) is 4.63. The van der Waals surface area contributed by atoms with Crippen LogP contribution in [-0.4, -0.2) is 14.7 Å². The molecule has 0 saturated heterocycles. The van der Waals surface area contributed by atoms with Crippen LogP contribution in [0, 0.1) is 0 Å². The number of hydrogen-bond acceptors (Lipinski definition) is 2. The molecule has 0 aliphatic carbocycles. The summed E-state index contributed by atoms with van der Waals surface area (Å²) in [6.45, 7) is 0. The van der Waals surface area contributed by atoms with Gasteiger partial charge in [-0.3, -0.25) is 0 Å². The zero-order valence-corrected chi connectivity index (χ0v) is 10.6. The minimum atomic E-state index is -2.61. The molecule has 0 fully saturated rings. The van der Waals surface area contributed by atoms with Gasteiger partial charge in [0.15, 0.2) is 0 Å². The van der Waals surface area contributed by atoms with E-state index in [1.807, 2.05) is 37.2 Å². The van der Waals surface area contributed by atoms with Crippen molar-refractivity contribution in [2.24, 2.45) is 0 Å². The van der Waals surface area contributed by atoms with Gasteiger partial charge < -0.3 is 0 Å². The molecule has 0 aromatic heterocycles. The molecule has 46 valence electrons.